The topological polar surface area (TPSA) is 80.4 Å². The van der Waals surface area contributed by atoms with Gasteiger partial charge in [0.25, 0.3) is 5.91 Å². The monoisotopic (exact) mass is 494 g/mol. The number of fused-ring (bicyclic) bond motifs is 6. The number of hydrogen-bond acceptors (Lipinski definition) is 6. The van der Waals surface area contributed by atoms with Gasteiger partial charge in [-0.05, 0) is 67.3 Å². The molecule has 34 heavy (non-hydrogen) atoms. The minimum atomic E-state index is -0.219. The SMILES string of the molecule is COc1ccc(NC(=O)COc2ccccc2[C@@H]2c3sc(=O)[nH]c3S[C@H]3[C@H]4CC[C@@H](C4)[C@H]23)cc1. The molecule has 0 unspecified atom stereocenters. The number of benzene rings is 2. The molecule has 3 aromatic rings. The lowest BCUT2D eigenvalue weighted by Crippen LogP contribution is -2.34. The fourth-order valence-corrected chi connectivity index (χ4v) is 8.97. The van der Waals surface area contributed by atoms with Crippen molar-refractivity contribution in [2.75, 3.05) is 19.0 Å². The smallest absolute Gasteiger partial charge is 0.305 e. The van der Waals surface area contributed by atoms with Crippen molar-refractivity contribution in [3.8, 4) is 11.5 Å². The molecular formula is C26H26N2O4S2. The molecule has 1 aliphatic heterocycles. The molecule has 1 amide bonds. The van der Waals surface area contributed by atoms with Crippen molar-refractivity contribution >= 4 is 34.7 Å². The van der Waals surface area contributed by atoms with Gasteiger partial charge in [0.05, 0.1) is 12.1 Å². The number of anilines is 1. The molecule has 176 valence electrons. The molecule has 0 radical (unpaired) electrons. The first-order valence-electron chi connectivity index (χ1n) is 11.7. The Bertz CT molecular complexity index is 1270. The van der Waals surface area contributed by atoms with Crippen LogP contribution in [0.25, 0.3) is 0 Å². The van der Waals surface area contributed by atoms with Gasteiger partial charge >= 0.3 is 4.87 Å². The Morgan fingerprint density at radius 3 is 2.74 bits per heavy atom. The highest BCUT2D eigenvalue weighted by atomic mass is 32.2. The molecule has 2 aliphatic carbocycles. The third-order valence-corrected chi connectivity index (χ3v) is 10.1. The van der Waals surface area contributed by atoms with Gasteiger partial charge in [0.1, 0.15) is 11.5 Å². The summed E-state index contributed by atoms with van der Waals surface area (Å²) in [6, 6.07) is 15.2. The van der Waals surface area contributed by atoms with Crippen LogP contribution in [0.5, 0.6) is 11.5 Å². The van der Waals surface area contributed by atoms with E-state index in [1.165, 1.54) is 30.6 Å². The lowest BCUT2D eigenvalue weighted by atomic mass is 9.74. The summed E-state index contributed by atoms with van der Waals surface area (Å²) in [5.74, 6) is 3.27. The summed E-state index contributed by atoms with van der Waals surface area (Å²) >= 11 is 3.21. The van der Waals surface area contributed by atoms with Crippen LogP contribution in [-0.4, -0.2) is 29.9 Å². The van der Waals surface area contributed by atoms with Crippen molar-refractivity contribution in [3.05, 3.63) is 68.6 Å². The van der Waals surface area contributed by atoms with Gasteiger partial charge in [0.2, 0.25) is 0 Å². The number of aromatic amines is 1. The first-order valence-corrected chi connectivity index (χ1v) is 13.4. The Labute approximate surface area is 206 Å². The van der Waals surface area contributed by atoms with Crippen molar-refractivity contribution in [3.63, 3.8) is 0 Å². The first kappa shape index (κ1) is 21.8. The van der Waals surface area contributed by atoms with E-state index < -0.39 is 0 Å². The predicted molar refractivity (Wildman–Crippen MR) is 134 cm³/mol. The van der Waals surface area contributed by atoms with E-state index in [1.54, 1.807) is 31.4 Å². The summed E-state index contributed by atoms with van der Waals surface area (Å²) < 4.78 is 11.3. The Hall–Kier alpha value is -2.71. The molecule has 0 spiro atoms. The number of thiazole rings is 1. The van der Waals surface area contributed by atoms with Crippen LogP contribution in [0.1, 0.15) is 35.6 Å². The molecule has 2 heterocycles. The van der Waals surface area contributed by atoms with Gasteiger partial charge in [-0.3, -0.25) is 9.59 Å². The maximum Gasteiger partial charge on any atom is 0.305 e. The molecule has 8 heteroatoms. The second kappa shape index (κ2) is 8.82. The van der Waals surface area contributed by atoms with Crippen molar-refractivity contribution < 1.29 is 14.3 Å². The molecule has 2 fully saturated rings. The Morgan fingerprint density at radius 2 is 1.91 bits per heavy atom. The zero-order chi connectivity index (χ0) is 23.2. The van der Waals surface area contributed by atoms with Crippen molar-refractivity contribution in [1.82, 2.24) is 4.98 Å². The molecule has 2 bridgehead atoms. The van der Waals surface area contributed by atoms with E-state index in [1.807, 2.05) is 30.0 Å². The lowest BCUT2D eigenvalue weighted by molar-refractivity contribution is -0.118. The van der Waals surface area contributed by atoms with Crippen LogP contribution in [-0.2, 0) is 4.79 Å². The fourth-order valence-electron chi connectivity index (χ4n) is 6.08. The fraction of sp³-hybridized carbons (Fsp3) is 0.385. The molecule has 6 rings (SSSR count). The number of nitrogens with one attached hydrogen (secondary N) is 2. The summed E-state index contributed by atoms with van der Waals surface area (Å²) in [4.78, 5) is 29.1. The number of carbonyl (C=O) groups is 1. The van der Waals surface area contributed by atoms with Gasteiger partial charge in [0.15, 0.2) is 6.61 Å². The first-order chi connectivity index (χ1) is 16.6. The van der Waals surface area contributed by atoms with E-state index in [4.69, 9.17) is 9.47 Å². The number of thioether (sulfide) groups is 1. The molecule has 5 atom stereocenters. The van der Waals surface area contributed by atoms with Crippen molar-refractivity contribution in [2.45, 2.75) is 35.5 Å². The highest BCUT2D eigenvalue weighted by Gasteiger charge is 2.55. The zero-order valence-electron chi connectivity index (χ0n) is 18.8. The Kier molecular flexibility index (Phi) is 5.65. The summed E-state index contributed by atoms with van der Waals surface area (Å²) in [7, 11) is 1.61. The van der Waals surface area contributed by atoms with Gasteiger partial charge in [0, 0.05) is 27.3 Å². The van der Waals surface area contributed by atoms with E-state index in [9.17, 15) is 9.59 Å². The van der Waals surface area contributed by atoms with Gasteiger partial charge in [-0.15, -0.1) is 11.8 Å². The third kappa shape index (κ3) is 3.82. The highest BCUT2D eigenvalue weighted by Crippen LogP contribution is 2.64. The maximum absolute atomic E-state index is 12.6. The van der Waals surface area contributed by atoms with Crippen LogP contribution in [0, 0.1) is 17.8 Å². The zero-order valence-corrected chi connectivity index (χ0v) is 20.4. The van der Waals surface area contributed by atoms with Crippen LogP contribution in [0.4, 0.5) is 5.69 Å². The van der Waals surface area contributed by atoms with Crippen LogP contribution in [0.2, 0.25) is 0 Å². The number of aromatic nitrogens is 1. The lowest BCUT2D eigenvalue weighted by Gasteiger charge is -2.40. The quantitative estimate of drug-likeness (QED) is 0.498. The number of carbonyl (C=O) groups excluding carboxylic acids is 1. The summed E-state index contributed by atoms with van der Waals surface area (Å²) in [6.07, 6.45) is 3.84. The number of hydrogen-bond donors (Lipinski definition) is 2. The van der Waals surface area contributed by atoms with Crippen LogP contribution < -0.4 is 19.7 Å². The van der Waals surface area contributed by atoms with E-state index >= 15 is 0 Å². The molecule has 2 aromatic carbocycles. The van der Waals surface area contributed by atoms with Crippen molar-refractivity contribution in [2.24, 2.45) is 17.8 Å². The van der Waals surface area contributed by atoms with Crippen LogP contribution in [0.15, 0.2) is 58.4 Å². The molecule has 2 N–H and O–H groups in total. The Morgan fingerprint density at radius 1 is 1.12 bits per heavy atom. The van der Waals surface area contributed by atoms with Crippen LogP contribution in [0.3, 0.4) is 0 Å². The van der Waals surface area contributed by atoms with E-state index in [2.05, 4.69) is 16.4 Å². The average Bonchev–Trinajstić information content (AvgIpc) is 3.56. The number of ether oxygens (including phenoxy) is 2. The van der Waals surface area contributed by atoms with Gasteiger partial charge in [-0.2, -0.15) is 0 Å². The highest BCUT2D eigenvalue weighted by molar-refractivity contribution is 8.00. The molecular weight excluding hydrogens is 468 g/mol. The number of para-hydroxylation sites is 1. The maximum atomic E-state index is 12.6. The van der Waals surface area contributed by atoms with E-state index in [0.717, 1.165) is 32.9 Å². The molecule has 1 aromatic heterocycles. The molecule has 6 nitrogen and oxygen atoms in total. The molecule has 0 saturated heterocycles. The largest absolute Gasteiger partial charge is 0.497 e. The predicted octanol–water partition coefficient (Wildman–Crippen LogP) is 5.11. The third-order valence-electron chi connectivity index (χ3n) is 7.45. The number of methoxy groups -OCH3 is 1. The minimum Gasteiger partial charge on any atom is -0.497 e. The molecule has 3 aliphatic rings. The van der Waals surface area contributed by atoms with E-state index in [0.29, 0.717) is 22.8 Å². The van der Waals surface area contributed by atoms with Gasteiger partial charge < -0.3 is 19.8 Å². The minimum absolute atomic E-state index is 0.00656. The summed E-state index contributed by atoms with van der Waals surface area (Å²) in [6.45, 7) is -0.0825. The van der Waals surface area contributed by atoms with E-state index in [-0.39, 0.29) is 23.3 Å². The van der Waals surface area contributed by atoms with Gasteiger partial charge in [-0.25, -0.2) is 0 Å². The number of rotatable bonds is 6. The average molecular weight is 495 g/mol. The Balaban J connectivity index is 1.25. The standard InChI is InChI=1S/C26H26N2O4S2/c1-31-17-10-8-16(9-11-17)27-20(29)13-32-19-5-3-2-4-18(19)22-21-14-6-7-15(12-14)23(21)33-25-24(22)34-26(30)28-25/h2-5,8-11,14-15,21-23H,6-7,12-13H2,1H3,(H,27,29)(H,28,30)/t14-,15-,21+,22-,23-/m0/s1. The number of amides is 1. The second-order valence-corrected chi connectivity index (χ2v) is 11.5. The number of H-pyrrole nitrogens is 1. The summed E-state index contributed by atoms with van der Waals surface area (Å²) in [5, 5.41) is 4.44. The normalized spacial score (nSPS) is 26.6. The molecule has 2 saturated carbocycles. The van der Waals surface area contributed by atoms with Crippen LogP contribution >= 0.6 is 23.1 Å². The second-order valence-electron chi connectivity index (χ2n) is 9.28. The van der Waals surface area contributed by atoms with Crippen molar-refractivity contribution in [1.29, 1.82) is 0 Å². The summed E-state index contributed by atoms with van der Waals surface area (Å²) in [5.41, 5.74) is 1.78. The van der Waals surface area contributed by atoms with Gasteiger partial charge in [-0.1, -0.05) is 29.5 Å².